The van der Waals surface area contributed by atoms with Gasteiger partial charge in [-0.3, -0.25) is 0 Å². The molecule has 0 bridgehead atoms. The van der Waals surface area contributed by atoms with Gasteiger partial charge >= 0.3 is 0 Å². The molecule has 80 valence electrons. The minimum absolute atomic E-state index is 0.109. The second-order valence-electron chi connectivity index (χ2n) is 3.55. The van der Waals surface area contributed by atoms with Gasteiger partial charge in [-0.1, -0.05) is 0 Å². The lowest BCUT2D eigenvalue weighted by Crippen LogP contribution is -2.60. The second-order valence-corrected chi connectivity index (χ2v) is 3.55. The molecule has 0 heterocycles. The fourth-order valence-electron chi connectivity index (χ4n) is 1.46. The second kappa shape index (κ2) is 6.32. The predicted molar refractivity (Wildman–Crippen MR) is 57.9 cm³/mol. The van der Waals surface area contributed by atoms with Crippen LogP contribution in [0.15, 0.2) is 0 Å². The van der Waals surface area contributed by atoms with Crippen LogP contribution in [0.1, 0.15) is 13.8 Å². The molecule has 4 atom stereocenters. The molecule has 0 saturated carbocycles. The number of nitrogens with two attached hydrogens (primary N) is 1. The van der Waals surface area contributed by atoms with E-state index in [1.807, 2.05) is 21.1 Å². The van der Waals surface area contributed by atoms with Gasteiger partial charge in [0, 0.05) is 24.2 Å². The number of rotatable bonds is 6. The Morgan fingerprint density at radius 3 is 1.62 bits per heavy atom. The van der Waals surface area contributed by atoms with Gasteiger partial charge in [-0.05, 0) is 35.0 Å². The summed E-state index contributed by atoms with van der Waals surface area (Å²) < 4.78 is 0. The van der Waals surface area contributed by atoms with Gasteiger partial charge in [0.05, 0.1) is 0 Å². The van der Waals surface area contributed by atoms with Crippen LogP contribution in [-0.2, 0) is 0 Å². The topological polar surface area (TPSA) is 62.1 Å². The van der Waals surface area contributed by atoms with Gasteiger partial charge in [-0.25, -0.2) is 0 Å². The van der Waals surface area contributed by atoms with Gasteiger partial charge in [0.25, 0.3) is 0 Å². The van der Waals surface area contributed by atoms with Crippen LogP contribution in [0.25, 0.3) is 0 Å². The van der Waals surface area contributed by atoms with Crippen molar-refractivity contribution in [1.82, 2.24) is 16.0 Å². The van der Waals surface area contributed by atoms with E-state index in [0.29, 0.717) is 12.1 Å². The summed E-state index contributed by atoms with van der Waals surface area (Å²) in [5, 5.41) is 9.61. The Hall–Kier alpha value is -0.160. The molecule has 5 N–H and O–H groups in total. The first kappa shape index (κ1) is 12.8. The van der Waals surface area contributed by atoms with E-state index in [0.717, 1.165) is 0 Å². The van der Waals surface area contributed by atoms with Gasteiger partial charge in [0.15, 0.2) is 0 Å². The van der Waals surface area contributed by atoms with Crippen LogP contribution < -0.4 is 21.7 Å². The van der Waals surface area contributed by atoms with Crippen molar-refractivity contribution in [3.05, 3.63) is 0 Å². The molecule has 0 aromatic rings. The average molecular weight is 188 g/mol. The SMILES string of the molecule is CNC(C)C(N)C(NC)C(C)NC. The maximum atomic E-state index is 6.09. The van der Waals surface area contributed by atoms with E-state index >= 15 is 0 Å². The number of likely N-dealkylation sites (N-methyl/N-ethyl adjacent to an activating group) is 3. The molecule has 0 saturated heterocycles. The smallest absolute Gasteiger partial charge is 0.0383 e. The molecule has 13 heavy (non-hydrogen) atoms. The molecule has 0 amide bonds. The molecule has 0 spiro atoms. The summed E-state index contributed by atoms with van der Waals surface area (Å²) in [4.78, 5) is 0. The van der Waals surface area contributed by atoms with Crippen molar-refractivity contribution in [2.45, 2.75) is 38.0 Å². The predicted octanol–water partition coefficient (Wildman–Crippen LogP) is -0.882. The molecule has 0 aromatic carbocycles. The zero-order valence-corrected chi connectivity index (χ0v) is 9.39. The third-order valence-corrected chi connectivity index (χ3v) is 2.77. The fourth-order valence-corrected chi connectivity index (χ4v) is 1.46. The largest absolute Gasteiger partial charge is 0.325 e. The Kier molecular flexibility index (Phi) is 6.24. The molecule has 4 heteroatoms. The first-order chi connectivity index (χ1) is 6.08. The van der Waals surface area contributed by atoms with Crippen molar-refractivity contribution in [2.24, 2.45) is 5.73 Å². The molecule has 0 aromatic heterocycles. The summed E-state index contributed by atoms with van der Waals surface area (Å²) in [5.41, 5.74) is 6.09. The molecule has 4 nitrogen and oxygen atoms in total. The summed E-state index contributed by atoms with van der Waals surface area (Å²) in [6.07, 6.45) is 0. The molecule has 4 unspecified atom stereocenters. The van der Waals surface area contributed by atoms with Crippen molar-refractivity contribution in [3.8, 4) is 0 Å². The number of hydrogen-bond acceptors (Lipinski definition) is 4. The van der Waals surface area contributed by atoms with Crippen molar-refractivity contribution < 1.29 is 0 Å². The maximum Gasteiger partial charge on any atom is 0.0383 e. The van der Waals surface area contributed by atoms with E-state index in [4.69, 9.17) is 5.73 Å². The lowest BCUT2D eigenvalue weighted by atomic mass is 9.96. The lowest BCUT2D eigenvalue weighted by molar-refractivity contribution is 0.325. The third kappa shape index (κ3) is 3.60. The summed E-state index contributed by atoms with van der Waals surface area (Å²) >= 11 is 0. The van der Waals surface area contributed by atoms with Crippen molar-refractivity contribution in [1.29, 1.82) is 0 Å². The van der Waals surface area contributed by atoms with E-state index in [1.165, 1.54) is 0 Å². The monoisotopic (exact) mass is 188 g/mol. The van der Waals surface area contributed by atoms with Crippen molar-refractivity contribution >= 4 is 0 Å². The highest BCUT2D eigenvalue weighted by molar-refractivity contribution is 4.91. The molecular weight excluding hydrogens is 164 g/mol. The minimum atomic E-state index is 0.109. The minimum Gasteiger partial charge on any atom is -0.325 e. The molecule has 0 aliphatic heterocycles. The molecule has 0 rings (SSSR count). The van der Waals surface area contributed by atoms with Crippen LogP contribution >= 0.6 is 0 Å². The Morgan fingerprint density at radius 2 is 1.31 bits per heavy atom. The lowest BCUT2D eigenvalue weighted by Gasteiger charge is -2.32. The Morgan fingerprint density at radius 1 is 0.846 bits per heavy atom. The van der Waals surface area contributed by atoms with Crippen LogP contribution in [-0.4, -0.2) is 45.3 Å². The Bertz CT molecular complexity index is 129. The summed E-state index contributed by atoms with van der Waals surface area (Å²) in [6, 6.07) is 1.08. The standard InChI is InChI=1S/C9H24N4/c1-6(11-3)8(10)9(13-5)7(2)12-4/h6-9,11-13H,10H2,1-5H3. The number of nitrogens with one attached hydrogen (secondary N) is 3. The highest BCUT2D eigenvalue weighted by atomic mass is 15.0. The fraction of sp³-hybridized carbons (Fsp3) is 1.00. The van der Waals surface area contributed by atoms with Crippen LogP contribution in [0.3, 0.4) is 0 Å². The first-order valence-electron chi connectivity index (χ1n) is 4.85. The highest BCUT2D eigenvalue weighted by Gasteiger charge is 2.24. The van der Waals surface area contributed by atoms with Gasteiger partial charge in [0.2, 0.25) is 0 Å². The van der Waals surface area contributed by atoms with E-state index in [1.54, 1.807) is 0 Å². The van der Waals surface area contributed by atoms with Crippen molar-refractivity contribution in [2.75, 3.05) is 21.1 Å². The van der Waals surface area contributed by atoms with Gasteiger partial charge in [-0.2, -0.15) is 0 Å². The summed E-state index contributed by atoms with van der Waals surface area (Å²) in [5.74, 6) is 0. The van der Waals surface area contributed by atoms with Crippen molar-refractivity contribution in [3.63, 3.8) is 0 Å². The van der Waals surface area contributed by atoms with Gasteiger partial charge in [-0.15, -0.1) is 0 Å². The third-order valence-electron chi connectivity index (χ3n) is 2.77. The highest BCUT2D eigenvalue weighted by Crippen LogP contribution is 2.01. The molecule has 0 aliphatic carbocycles. The Labute approximate surface area is 81.6 Å². The zero-order valence-electron chi connectivity index (χ0n) is 9.39. The molecule has 0 fully saturated rings. The number of hydrogen-bond donors (Lipinski definition) is 4. The van der Waals surface area contributed by atoms with Crippen LogP contribution in [0.4, 0.5) is 0 Å². The van der Waals surface area contributed by atoms with E-state index in [2.05, 4.69) is 29.8 Å². The van der Waals surface area contributed by atoms with Crippen LogP contribution in [0, 0.1) is 0 Å². The summed E-state index contributed by atoms with van der Waals surface area (Å²) in [6.45, 7) is 4.22. The van der Waals surface area contributed by atoms with Crippen LogP contribution in [0.2, 0.25) is 0 Å². The average Bonchev–Trinajstić information content (AvgIpc) is 2.17. The molecule has 0 aliphatic rings. The van der Waals surface area contributed by atoms with Gasteiger partial charge in [0.1, 0.15) is 0 Å². The summed E-state index contributed by atoms with van der Waals surface area (Å²) in [7, 11) is 5.83. The molecular formula is C9H24N4. The van der Waals surface area contributed by atoms with E-state index < -0.39 is 0 Å². The van der Waals surface area contributed by atoms with Gasteiger partial charge < -0.3 is 21.7 Å². The van der Waals surface area contributed by atoms with Crippen LogP contribution in [0.5, 0.6) is 0 Å². The first-order valence-corrected chi connectivity index (χ1v) is 4.85. The maximum absolute atomic E-state index is 6.09. The van der Waals surface area contributed by atoms with E-state index in [-0.39, 0.29) is 12.1 Å². The molecule has 0 radical (unpaired) electrons. The zero-order chi connectivity index (χ0) is 10.4. The normalized spacial score (nSPS) is 20.8. The Balaban J connectivity index is 4.21. The van der Waals surface area contributed by atoms with E-state index in [9.17, 15) is 0 Å². The quantitative estimate of drug-likeness (QED) is 0.437.